The fraction of sp³-hybridized carbons (Fsp3) is 0.381. The molecule has 0 unspecified atom stereocenters. The molecule has 1 amide bonds. The minimum atomic E-state index is -0.0200. The molecule has 0 aliphatic carbocycles. The summed E-state index contributed by atoms with van der Waals surface area (Å²) in [6, 6.07) is 10.6. The van der Waals surface area contributed by atoms with Gasteiger partial charge in [0, 0.05) is 36.2 Å². The van der Waals surface area contributed by atoms with E-state index in [9.17, 15) is 4.79 Å². The van der Waals surface area contributed by atoms with Crippen LogP contribution in [0.4, 0.5) is 0 Å². The van der Waals surface area contributed by atoms with Crippen LogP contribution in [0.2, 0.25) is 0 Å². The normalized spacial score (nSPS) is 19.0. The van der Waals surface area contributed by atoms with Crippen molar-refractivity contribution in [3.63, 3.8) is 0 Å². The molecule has 2 aliphatic heterocycles. The van der Waals surface area contributed by atoms with E-state index >= 15 is 0 Å². The van der Waals surface area contributed by atoms with Crippen molar-refractivity contribution in [1.29, 1.82) is 0 Å². The highest BCUT2D eigenvalue weighted by Crippen LogP contribution is 2.40. The number of aryl methyl sites for hydroxylation is 1. The number of carbonyl (C=O) groups is 1. The maximum Gasteiger partial charge on any atom is 0.264 e. The van der Waals surface area contributed by atoms with Crippen LogP contribution in [-0.4, -0.2) is 35.4 Å². The lowest BCUT2D eigenvalue weighted by Gasteiger charge is -2.44. The van der Waals surface area contributed by atoms with E-state index in [1.165, 1.54) is 22.2 Å². The Bertz CT molecular complexity index is 978. The fourth-order valence-electron chi connectivity index (χ4n) is 4.64. The molecule has 4 nitrogen and oxygen atoms in total. The average molecular weight is 366 g/mol. The van der Waals surface area contributed by atoms with Crippen LogP contribution >= 0.6 is 11.3 Å². The van der Waals surface area contributed by atoms with Gasteiger partial charge < -0.3 is 15.2 Å². The third-order valence-corrected chi connectivity index (χ3v) is 7.10. The molecular formula is C21H23N3OS. The zero-order valence-corrected chi connectivity index (χ0v) is 15.8. The number of H-pyrrole nitrogens is 1. The number of benzene rings is 1. The van der Waals surface area contributed by atoms with Gasteiger partial charge in [-0.05, 0) is 54.8 Å². The molecule has 0 atom stereocenters. The Labute approximate surface area is 157 Å². The predicted molar refractivity (Wildman–Crippen MR) is 106 cm³/mol. The Morgan fingerprint density at radius 1 is 1.19 bits per heavy atom. The Hall–Kier alpha value is -2.11. The quantitative estimate of drug-likeness (QED) is 0.689. The first-order valence-electron chi connectivity index (χ1n) is 9.36. The summed E-state index contributed by atoms with van der Waals surface area (Å²) in [5.41, 5.74) is 5.12. The summed E-state index contributed by atoms with van der Waals surface area (Å²) >= 11 is 1.56. The number of aromatic amines is 1. The van der Waals surface area contributed by atoms with Crippen LogP contribution in [0.3, 0.4) is 0 Å². The molecule has 1 spiro atoms. The number of nitrogens with zero attached hydrogens (tertiary/aromatic N) is 1. The summed E-state index contributed by atoms with van der Waals surface area (Å²) in [5, 5.41) is 7.16. The highest BCUT2D eigenvalue weighted by atomic mass is 32.1. The number of aromatic nitrogens is 1. The molecule has 26 heavy (non-hydrogen) atoms. The molecule has 0 saturated carbocycles. The molecular weight excluding hydrogens is 342 g/mol. The van der Waals surface area contributed by atoms with Crippen LogP contribution in [0.1, 0.15) is 39.3 Å². The number of piperidine rings is 1. The Morgan fingerprint density at radius 3 is 2.77 bits per heavy atom. The molecule has 2 N–H and O–H groups in total. The van der Waals surface area contributed by atoms with Gasteiger partial charge in [-0.25, -0.2) is 0 Å². The predicted octanol–water partition coefficient (Wildman–Crippen LogP) is 3.82. The number of para-hydroxylation sites is 1. The summed E-state index contributed by atoms with van der Waals surface area (Å²) in [6.07, 6.45) is 2.99. The first kappa shape index (κ1) is 16.1. The molecule has 0 radical (unpaired) electrons. The summed E-state index contributed by atoms with van der Waals surface area (Å²) in [7, 11) is 0. The SMILES string of the molecule is Cc1ccsc1C(=O)N1CCC2(CC1)NCCc1c2[nH]c2ccccc12. The van der Waals surface area contributed by atoms with Crippen molar-refractivity contribution in [1.82, 2.24) is 15.2 Å². The van der Waals surface area contributed by atoms with Gasteiger partial charge in [-0.15, -0.1) is 11.3 Å². The molecule has 1 fully saturated rings. The third-order valence-electron chi connectivity index (χ3n) is 6.09. The molecule has 0 bridgehead atoms. The summed E-state index contributed by atoms with van der Waals surface area (Å²) in [5.74, 6) is 0.194. The number of carbonyl (C=O) groups excluding carboxylic acids is 1. The van der Waals surface area contributed by atoms with Crippen molar-refractivity contribution in [2.24, 2.45) is 0 Å². The van der Waals surface area contributed by atoms with Gasteiger partial charge in [0.05, 0.1) is 10.4 Å². The number of likely N-dealkylation sites (tertiary alicyclic amines) is 1. The van der Waals surface area contributed by atoms with E-state index in [0.717, 1.165) is 49.3 Å². The van der Waals surface area contributed by atoms with Crippen LogP contribution in [-0.2, 0) is 12.0 Å². The molecule has 5 heteroatoms. The molecule has 134 valence electrons. The van der Waals surface area contributed by atoms with Gasteiger partial charge in [0.15, 0.2) is 0 Å². The van der Waals surface area contributed by atoms with Gasteiger partial charge in [0.1, 0.15) is 0 Å². The fourth-order valence-corrected chi connectivity index (χ4v) is 5.53. The van der Waals surface area contributed by atoms with Crippen molar-refractivity contribution in [3.05, 3.63) is 57.4 Å². The Kier molecular flexibility index (Phi) is 3.69. The topological polar surface area (TPSA) is 48.1 Å². The van der Waals surface area contributed by atoms with E-state index in [2.05, 4.69) is 34.6 Å². The van der Waals surface area contributed by atoms with E-state index in [1.54, 1.807) is 11.3 Å². The maximum absolute atomic E-state index is 12.8. The standard InChI is InChI=1S/C21H23N3OS/c1-14-7-13-26-18(14)20(25)24-11-8-21(9-12-24)19-16(6-10-22-21)15-4-2-3-5-17(15)23-19/h2-5,7,13,22-23H,6,8-12H2,1H3. The van der Waals surface area contributed by atoms with E-state index in [-0.39, 0.29) is 11.4 Å². The lowest BCUT2D eigenvalue weighted by atomic mass is 9.79. The highest BCUT2D eigenvalue weighted by Gasteiger charge is 2.42. The average Bonchev–Trinajstić information content (AvgIpc) is 3.27. The second kappa shape index (κ2) is 5.96. The molecule has 1 saturated heterocycles. The Morgan fingerprint density at radius 2 is 2.00 bits per heavy atom. The first-order valence-corrected chi connectivity index (χ1v) is 10.2. The zero-order valence-electron chi connectivity index (χ0n) is 15.0. The summed E-state index contributed by atoms with van der Waals surface area (Å²) in [4.78, 5) is 19.5. The second-order valence-corrected chi connectivity index (χ2v) is 8.42. The number of thiophene rings is 1. The minimum absolute atomic E-state index is 0.0200. The highest BCUT2D eigenvalue weighted by molar-refractivity contribution is 7.12. The maximum atomic E-state index is 12.8. The van der Waals surface area contributed by atoms with Crippen molar-refractivity contribution in [2.75, 3.05) is 19.6 Å². The first-order chi connectivity index (χ1) is 12.7. The van der Waals surface area contributed by atoms with Crippen molar-refractivity contribution < 1.29 is 4.79 Å². The lowest BCUT2D eigenvalue weighted by molar-refractivity contribution is 0.0631. The van der Waals surface area contributed by atoms with Crippen molar-refractivity contribution >= 4 is 28.1 Å². The zero-order chi connectivity index (χ0) is 17.7. The van der Waals surface area contributed by atoms with Gasteiger partial charge in [0.25, 0.3) is 5.91 Å². The van der Waals surface area contributed by atoms with Crippen LogP contribution in [0.15, 0.2) is 35.7 Å². The molecule has 1 aromatic carbocycles. The minimum Gasteiger partial charge on any atom is -0.357 e. The number of rotatable bonds is 1. The number of hydrogen-bond donors (Lipinski definition) is 2. The van der Waals surface area contributed by atoms with E-state index in [0.29, 0.717) is 0 Å². The summed E-state index contributed by atoms with van der Waals surface area (Å²) < 4.78 is 0. The number of fused-ring (bicyclic) bond motifs is 4. The van der Waals surface area contributed by atoms with Gasteiger partial charge in [-0.1, -0.05) is 18.2 Å². The molecule has 3 aromatic rings. The van der Waals surface area contributed by atoms with E-state index in [4.69, 9.17) is 0 Å². The van der Waals surface area contributed by atoms with Crippen molar-refractivity contribution in [3.8, 4) is 0 Å². The third kappa shape index (κ3) is 2.34. The van der Waals surface area contributed by atoms with Gasteiger partial charge in [0.2, 0.25) is 0 Å². The van der Waals surface area contributed by atoms with Crippen LogP contribution < -0.4 is 5.32 Å². The van der Waals surface area contributed by atoms with Gasteiger partial charge >= 0.3 is 0 Å². The van der Waals surface area contributed by atoms with E-state index in [1.807, 2.05) is 23.3 Å². The van der Waals surface area contributed by atoms with E-state index < -0.39 is 0 Å². The molecule has 4 heterocycles. The summed E-state index contributed by atoms with van der Waals surface area (Å²) in [6.45, 7) is 4.64. The molecule has 5 rings (SSSR count). The monoisotopic (exact) mass is 365 g/mol. The van der Waals surface area contributed by atoms with Crippen LogP contribution in [0, 0.1) is 6.92 Å². The molecule has 2 aliphatic rings. The number of hydrogen-bond acceptors (Lipinski definition) is 3. The van der Waals surface area contributed by atoms with Gasteiger partial charge in [-0.3, -0.25) is 4.79 Å². The van der Waals surface area contributed by atoms with Crippen LogP contribution in [0.25, 0.3) is 10.9 Å². The Balaban J connectivity index is 1.43. The van der Waals surface area contributed by atoms with Crippen molar-refractivity contribution in [2.45, 2.75) is 31.7 Å². The smallest absolute Gasteiger partial charge is 0.264 e. The number of amides is 1. The number of nitrogens with one attached hydrogen (secondary N) is 2. The lowest BCUT2D eigenvalue weighted by Crippen LogP contribution is -2.55. The van der Waals surface area contributed by atoms with Crippen LogP contribution in [0.5, 0.6) is 0 Å². The van der Waals surface area contributed by atoms with Gasteiger partial charge in [-0.2, -0.15) is 0 Å². The molecule has 2 aromatic heterocycles. The second-order valence-electron chi connectivity index (χ2n) is 7.51. The largest absolute Gasteiger partial charge is 0.357 e.